The average molecular weight is 295 g/mol. The van der Waals surface area contributed by atoms with Crippen molar-refractivity contribution in [2.75, 3.05) is 19.6 Å². The zero-order valence-corrected chi connectivity index (χ0v) is 11.9. The molecule has 0 aliphatic rings. The van der Waals surface area contributed by atoms with E-state index >= 15 is 0 Å². The van der Waals surface area contributed by atoms with Crippen LogP contribution in [0.1, 0.15) is 25.7 Å². The smallest absolute Gasteiger partial charge is 0.395 e. The monoisotopic (exact) mass is 295 g/mol. The molecule has 0 amide bonds. The summed E-state index contributed by atoms with van der Waals surface area (Å²) in [5.41, 5.74) is 6.03. The molecular weight excluding hydrogens is 278 g/mol. The van der Waals surface area contributed by atoms with Crippen molar-refractivity contribution in [2.45, 2.75) is 19.9 Å². The fourth-order valence-electron chi connectivity index (χ4n) is 1.87. The molecule has 0 bridgehead atoms. The molecular formula is C12H17N5O4. The predicted molar refractivity (Wildman–Crippen MR) is 73.4 cm³/mol. The summed E-state index contributed by atoms with van der Waals surface area (Å²) in [5, 5.41) is 14.4. The van der Waals surface area contributed by atoms with Crippen LogP contribution in [0.2, 0.25) is 0 Å². The molecule has 9 nitrogen and oxygen atoms in total. The Morgan fingerprint density at radius 2 is 2.14 bits per heavy atom. The lowest BCUT2D eigenvalue weighted by atomic mass is 10.2. The Labute approximate surface area is 120 Å². The highest BCUT2D eigenvalue weighted by Gasteiger charge is 2.21. The molecule has 21 heavy (non-hydrogen) atoms. The number of hydrogen-bond donors (Lipinski definition) is 1. The number of likely N-dealkylation sites (N-methyl/N-ethyl adjacent to an activating group) is 1. The van der Waals surface area contributed by atoms with Gasteiger partial charge in [0.2, 0.25) is 0 Å². The van der Waals surface area contributed by atoms with E-state index in [-0.39, 0.29) is 17.5 Å². The lowest BCUT2D eigenvalue weighted by Crippen LogP contribution is -2.32. The fourth-order valence-corrected chi connectivity index (χ4v) is 1.87. The summed E-state index contributed by atoms with van der Waals surface area (Å²) in [6.45, 7) is 6.43. The molecule has 0 aromatic carbocycles. The molecule has 114 valence electrons. The molecule has 2 aromatic heterocycles. The molecule has 0 spiro atoms. The fraction of sp³-hybridized carbons (Fsp3) is 0.500. The number of nitro groups is 1. The third-order valence-electron chi connectivity index (χ3n) is 3.11. The van der Waals surface area contributed by atoms with E-state index in [1.807, 2.05) is 13.8 Å². The standard InChI is InChI=1S/C12H17N5O4/c1-3-16(4-2)7-8(13)11-14-12(21-15-11)9-5-6-10(20-9)17(18)19/h5-6,8H,3-4,7,13H2,1-2H3. The van der Waals surface area contributed by atoms with Gasteiger partial charge in [0.15, 0.2) is 11.6 Å². The molecule has 0 aliphatic heterocycles. The summed E-state index contributed by atoms with van der Waals surface area (Å²) in [6.07, 6.45) is 0. The summed E-state index contributed by atoms with van der Waals surface area (Å²) in [5.74, 6) is 0.191. The van der Waals surface area contributed by atoms with E-state index in [2.05, 4.69) is 15.0 Å². The molecule has 9 heteroatoms. The molecule has 2 rings (SSSR count). The van der Waals surface area contributed by atoms with Crippen molar-refractivity contribution in [3.63, 3.8) is 0 Å². The maximum absolute atomic E-state index is 10.6. The molecule has 2 heterocycles. The molecule has 0 saturated carbocycles. The zero-order valence-electron chi connectivity index (χ0n) is 11.9. The number of rotatable bonds is 7. The van der Waals surface area contributed by atoms with Crippen LogP contribution in [0.25, 0.3) is 11.7 Å². The van der Waals surface area contributed by atoms with Crippen LogP contribution < -0.4 is 5.73 Å². The highest BCUT2D eigenvalue weighted by Crippen LogP contribution is 2.25. The summed E-state index contributed by atoms with van der Waals surface area (Å²) >= 11 is 0. The second kappa shape index (κ2) is 6.46. The predicted octanol–water partition coefficient (Wildman–Crippen LogP) is 1.58. The van der Waals surface area contributed by atoms with Gasteiger partial charge in [0.1, 0.15) is 4.92 Å². The second-order valence-corrected chi connectivity index (χ2v) is 4.45. The first-order chi connectivity index (χ1) is 10.0. The zero-order chi connectivity index (χ0) is 15.4. The van der Waals surface area contributed by atoms with E-state index in [0.717, 1.165) is 13.1 Å². The van der Waals surface area contributed by atoms with Crippen molar-refractivity contribution in [2.24, 2.45) is 5.73 Å². The molecule has 2 aromatic rings. The van der Waals surface area contributed by atoms with E-state index in [9.17, 15) is 10.1 Å². The first kappa shape index (κ1) is 15.1. The van der Waals surface area contributed by atoms with Gasteiger partial charge >= 0.3 is 5.88 Å². The summed E-state index contributed by atoms with van der Waals surface area (Å²) in [6, 6.07) is 2.24. The number of nitrogens with two attached hydrogens (primary N) is 1. The Kier molecular flexibility index (Phi) is 4.66. The van der Waals surface area contributed by atoms with Gasteiger partial charge in [-0.3, -0.25) is 10.1 Å². The van der Waals surface area contributed by atoms with Gasteiger partial charge in [-0.25, -0.2) is 0 Å². The number of furan rings is 1. The summed E-state index contributed by atoms with van der Waals surface area (Å²) in [4.78, 5) is 16.2. The Balaban J connectivity index is 2.11. The Morgan fingerprint density at radius 3 is 2.71 bits per heavy atom. The molecule has 1 unspecified atom stereocenters. The van der Waals surface area contributed by atoms with Gasteiger partial charge < -0.3 is 19.6 Å². The lowest BCUT2D eigenvalue weighted by molar-refractivity contribution is -0.401. The number of hydrogen-bond acceptors (Lipinski definition) is 8. The third-order valence-corrected chi connectivity index (χ3v) is 3.11. The maximum Gasteiger partial charge on any atom is 0.433 e. The third kappa shape index (κ3) is 3.44. The average Bonchev–Trinajstić information content (AvgIpc) is 3.12. The van der Waals surface area contributed by atoms with E-state index in [1.54, 1.807) is 0 Å². The van der Waals surface area contributed by atoms with Crippen molar-refractivity contribution < 1.29 is 13.9 Å². The normalized spacial score (nSPS) is 12.8. The van der Waals surface area contributed by atoms with Gasteiger partial charge in [-0.15, -0.1) is 0 Å². The van der Waals surface area contributed by atoms with E-state index in [0.29, 0.717) is 12.4 Å². The van der Waals surface area contributed by atoms with Crippen LogP contribution in [0, 0.1) is 10.1 Å². The van der Waals surface area contributed by atoms with Crippen molar-refractivity contribution in [3.8, 4) is 11.7 Å². The first-order valence-electron chi connectivity index (χ1n) is 6.61. The van der Waals surface area contributed by atoms with Crippen molar-refractivity contribution >= 4 is 5.88 Å². The van der Waals surface area contributed by atoms with Gasteiger partial charge in [0.05, 0.1) is 12.1 Å². The van der Waals surface area contributed by atoms with Gasteiger partial charge in [-0.2, -0.15) is 4.98 Å². The van der Waals surface area contributed by atoms with Crippen LogP contribution in [0.5, 0.6) is 0 Å². The Morgan fingerprint density at radius 1 is 1.43 bits per heavy atom. The number of nitrogens with zero attached hydrogens (tertiary/aromatic N) is 4. The molecule has 2 N–H and O–H groups in total. The second-order valence-electron chi connectivity index (χ2n) is 4.45. The van der Waals surface area contributed by atoms with Gasteiger partial charge in [0.25, 0.3) is 5.89 Å². The molecule has 0 radical (unpaired) electrons. The lowest BCUT2D eigenvalue weighted by Gasteiger charge is -2.20. The van der Waals surface area contributed by atoms with Crippen molar-refractivity contribution in [1.29, 1.82) is 0 Å². The summed E-state index contributed by atoms with van der Waals surface area (Å²) < 4.78 is 10.0. The molecule has 0 saturated heterocycles. The van der Waals surface area contributed by atoms with Crippen molar-refractivity contribution in [1.82, 2.24) is 15.0 Å². The van der Waals surface area contributed by atoms with E-state index in [1.165, 1.54) is 12.1 Å². The SMILES string of the molecule is CCN(CC)CC(N)c1noc(-c2ccc([N+](=O)[O-])o2)n1. The molecule has 0 aliphatic carbocycles. The highest BCUT2D eigenvalue weighted by atomic mass is 16.6. The minimum absolute atomic E-state index is 0.0769. The van der Waals surface area contributed by atoms with Gasteiger partial charge in [-0.05, 0) is 19.2 Å². The summed E-state index contributed by atoms with van der Waals surface area (Å²) in [7, 11) is 0. The Hall–Kier alpha value is -2.26. The number of aromatic nitrogens is 2. The Bertz CT molecular complexity index is 604. The van der Waals surface area contributed by atoms with Gasteiger partial charge in [-0.1, -0.05) is 19.0 Å². The maximum atomic E-state index is 10.6. The van der Waals surface area contributed by atoms with E-state index in [4.69, 9.17) is 14.7 Å². The highest BCUT2D eigenvalue weighted by molar-refractivity contribution is 5.46. The van der Waals surface area contributed by atoms with Gasteiger partial charge in [0, 0.05) is 6.54 Å². The quantitative estimate of drug-likeness (QED) is 0.603. The van der Waals surface area contributed by atoms with Crippen LogP contribution >= 0.6 is 0 Å². The first-order valence-corrected chi connectivity index (χ1v) is 6.61. The van der Waals surface area contributed by atoms with Crippen molar-refractivity contribution in [3.05, 3.63) is 28.1 Å². The van der Waals surface area contributed by atoms with Crippen LogP contribution in [-0.4, -0.2) is 39.6 Å². The molecule has 1 atom stereocenters. The van der Waals surface area contributed by atoms with Crippen LogP contribution in [0.15, 0.2) is 21.1 Å². The largest absolute Gasteiger partial charge is 0.433 e. The topological polar surface area (TPSA) is 124 Å². The van der Waals surface area contributed by atoms with Crippen LogP contribution in [-0.2, 0) is 0 Å². The van der Waals surface area contributed by atoms with Crippen LogP contribution in [0.4, 0.5) is 5.88 Å². The van der Waals surface area contributed by atoms with E-state index < -0.39 is 11.0 Å². The molecule has 0 fully saturated rings. The minimum Gasteiger partial charge on any atom is -0.395 e. The van der Waals surface area contributed by atoms with Crippen LogP contribution in [0.3, 0.4) is 0 Å². The minimum atomic E-state index is -0.632.